The quantitative estimate of drug-likeness (QED) is 0.751. The lowest BCUT2D eigenvalue weighted by atomic mass is 10.1. The number of allylic oxidation sites excluding steroid dienone is 1. The molecule has 0 saturated carbocycles. The van der Waals surface area contributed by atoms with Crippen LogP contribution in [0.2, 0.25) is 0 Å². The molecule has 0 aromatic carbocycles. The van der Waals surface area contributed by atoms with Crippen LogP contribution in [0.3, 0.4) is 0 Å². The second kappa shape index (κ2) is 7.57. The van der Waals surface area contributed by atoms with Crippen molar-refractivity contribution in [2.24, 2.45) is 0 Å². The standard InChI is InChI=1S/C18H24N4OS/c1-2-8-21(9-3-1)10-4-11-23-18-6-5-17-19-13-16(22(17)20-18)15-7-12-24-14-15/h5-6,13-14H,1-4,7-12H2. The van der Waals surface area contributed by atoms with Crippen molar-refractivity contribution < 1.29 is 4.74 Å². The summed E-state index contributed by atoms with van der Waals surface area (Å²) in [5.74, 6) is 1.83. The molecule has 24 heavy (non-hydrogen) atoms. The lowest BCUT2D eigenvalue weighted by Crippen LogP contribution is -2.31. The molecule has 4 rings (SSSR count). The zero-order valence-electron chi connectivity index (χ0n) is 14.0. The number of piperidine rings is 1. The summed E-state index contributed by atoms with van der Waals surface area (Å²) in [6, 6.07) is 3.91. The minimum absolute atomic E-state index is 0.687. The lowest BCUT2D eigenvalue weighted by Gasteiger charge is -2.26. The molecule has 0 radical (unpaired) electrons. The summed E-state index contributed by atoms with van der Waals surface area (Å²) in [4.78, 5) is 6.99. The van der Waals surface area contributed by atoms with Crippen LogP contribution in [0.15, 0.2) is 23.7 Å². The molecule has 0 spiro atoms. The van der Waals surface area contributed by atoms with Crippen LogP contribution < -0.4 is 4.74 Å². The van der Waals surface area contributed by atoms with Crippen LogP contribution in [0.5, 0.6) is 5.88 Å². The highest BCUT2D eigenvalue weighted by molar-refractivity contribution is 8.02. The Kier molecular flexibility index (Phi) is 5.04. The second-order valence-electron chi connectivity index (χ2n) is 6.45. The van der Waals surface area contributed by atoms with Crippen molar-refractivity contribution in [3.8, 4) is 5.88 Å². The van der Waals surface area contributed by atoms with E-state index in [9.17, 15) is 0 Å². The average molecular weight is 344 g/mol. The van der Waals surface area contributed by atoms with Gasteiger partial charge in [-0.25, -0.2) is 9.50 Å². The SMILES string of the molecule is C1=C(c2cnc3ccc(OCCCN4CCCCC4)nn23)CCS1. The molecule has 1 saturated heterocycles. The molecular formula is C18H24N4OS. The first-order valence-electron chi connectivity index (χ1n) is 8.91. The molecule has 2 aromatic rings. The van der Waals surface area contributed by atoms with Crippen molar-refractivity contribution in [2.75, 3.05) is 32.0 Å². The van der Waals surface area contributed by atoms with E-state index >= 15 is 0 Å². The Bertz CT molecular complexity index is 721. The van der Waals surface area contributed by atoms with Crippen molar-refractivity contribution in [1.82, 2.24) is 19.5 Å². The van der Waals surface area contributed by atoms with Crippen LogP contribution in [-0.2, 0) is 0 Å². The van der Waals surface area contributed by atoms with Gasteiger partial charge < -0.3 is 9.64 Å². The molecule has 0 unspecified atom stereocenters. The first-order valence-corrected chi connectivity index (χ1v) is 9.96. The van der Waals surface area contributed by atoms with Gasteiger partial charge in [-0.15, -0.1) is 16.9 Å². The smallest absolute Gasteiger partial charge is 0.231 e. The average Bonchev–Trinajstić information content (AvgIpc) is 3.28. The Hall–Kier alpha value is -1.53. The van der Waals surface area contributed by atoms with Crippen LogP contribution in [0.1, 0.15) is 37.8 Å². The molecule has 0 N–H and O–H groups in total. The van der Waals surface area contributed by atoms with Crippen molar-refractivity contribution >= 4 is 23.0 Å². The van der Waals surface area contributed by atoms with Gasteiger partial charge in [0, 0.05) is 18.4 Å². The third kappa shape index (κ3) is 3.59. The Morgan fingerprint density at radius 3 is 2.92 bits per heavy atom. The van der Waals surface area contributed by atoms with E-state index in [0.29, 0.717) is 5.88 Å². The number of ether oxygens (including phenoxy) is 1. The first-order chi connectivity index (χ1) is 11.9. The molecule has 2 aliphatic heterocycles. The first kappa shape index (κ1) is 16.0. The molecule has 0 atom stereocenters. The molecule has 128 valence electrons. The van der Waals surface area contributed by atoms with Crippen LogP contribution in [-0.4, -0.2) is 51.5 Å². The van der Waals surface area contributed by atoms with E-state index in [1.54, 1.807) is 0 Å². The number of rotatable bonds is 6. The maximum atomic E-state index is 5.88. The third-order valence-corrected chi connectivity index (χ3v) is 5.59. The largest absolute Gasteiger partial charge is 0.477 e. The number of nitrogens with zero attached hydrogens (tertiary/aromatic N) is 4. The number of aromatic nitrogens is 3. The van der Waals surface area contributed by atoms with Gasteiger partial charge in [-0.2, -0.15) is 0 Å². The maximum Gasteiger partial charge on any atom is 0.231 e. The Labute approximate surface area is 147 Å². The predicted molar refractivity (Wildman–Crippen MR) is 98.4 cm³/mol. The Morgan fingerprint density at radius 2 is 2.08 bits per heavy atom. The number of imidazole rings is 1. The van der Waals surface area contributed by atoms with Gasteiger partial charge in [0.15, 0.2) is 5.65 Å². The van der Waals surface area contributed by atoms with E-state index in [1.807, 2.05) is 34.6 Å². The van der Waals surface area contributed by atoms with Gasteiger partial charge in [0.2, 0.25) is 5.88 Å². The zero-order valence-corrected chi connectivity index (χ0v) is 14.8. The van der Waals surface area contributed by atoms with E-state index in [1.165, 1.54) is 37.9 Å². The highest BCUT2D eigenvalue weighted by Gasteiger charge is 2.14. The minimum atomic E-state index is 0.687. The Morgan fingerprint density at radius 1 is 1.17 bits per heavy atom. The fourth-order valence-electron chi connectivity index (χ4n) is 3.38. The van der Waals surface area contributed by atoms with Gasteiger partial charge in [0.25, 0.3) is 0 Å². The number of hydrogen-bond donors (Lipinski definition) is 0. The summed E-state index contributed by atoms with van der Waals surface area (Å²) in [6.45, 7) is 4.34. The van der Waals surface area contributed by atoms with Crippen LogP contribution >= 0.6 is 11.8 Å². The summed E-state index contributed by atoms with van der Waals surface area (Å²) >= 11 is 1.86. The fraction of sp³-hybridized carbons (Fsp3) is 0.556. The van der Waals surface area contributed by atoms with Gasteiger partial charge >= 0.3 is 0 Å². The number of likely N-dealkylation sites (tertiary alicyclic amines) is 1. The normalized spacial score (nSPS) is 18.9. The van der Waals surface area contributed by atoms with E-state index < -0.39 is 0 Å². The van der Waals surface area contributed by atoms with E-state index in [2.05, 4.69) is 20.4 Å². The second-order valence-corrected chi connectivity index (χ2v) is 7.43. The van der Waals surface area contributed by atoms with E-state index in [-0.39, 0.29) is 0 Å². The summed E-state index contributed by atoms with van der Waals surface area (Å²) in [5, 5.41) is 6.85. The molecule has 6 heteroatoms. The summed E-state index contributed by atoms with van der Waals surface area (Å²) in [6.07, 6.45) is 8.13. The highest BCUT2D eigenvalue weighted by Crippen LogP contribution is 2.30. The molecule has 1 fully saturated rings. The molecule has 4 heterocycles. The highest BCUT2D eigenvalue weighted by atomic mass is 32.2. The van der Waals surface area contributed by atoms with Crippen molar-refractivity contribution in [3.63, 3.8) is 0 Å². The fourth-order valence-corrected chi connectivity index (χ4v) is 4.27. The van der Waals surface area contributed by atoms with Crippen molar-refractivity contribution in [3.05, 3.63) is 29.4 Å². The van der Waals surface area contributed by atoms with Crippen molar-refractivity contribution in [1.29, 1.82) is 0 Å². The predicted octanol–water partition coefficient (Wildman–Crippen LogP) is 3.46. The van der Waals surface area contributed by atoms with Crippen LogP contribution in [0.4, 0.5) is 0 Å². The van der Waals surface area contributed by atoms with Crippen LogP contribution in [0.25, 0.3) is 11.2 Å². The molecule has 0 bridgehead atoms. The lowest BCUT2D eigenvalue weighted by molar-refractivity contribution is 0.202. The van der Waals surface area contributed by atoms with Crippen molar-refractivity contribution in [2.45, 2.75) is 32.1 Å². The third-order valence-electron chi connectivity index (χ3n) is 4.70. The number of hydrogen-bond acceptors (Lipinski definition) is 5. The number of thioether (sulfide) groups is 1. The molecule has 0 aliphatic carbocycles. The summed E-state index contributed by atoms with van der Waals surface area (Å²) < 4.78 is 7.80. The molecule has 2 aromatic heterocycles. The number of fused-ring (bicyclic) bond motifs is 1. The minimum Gasteiger partial charge on any atom is -0.477 e. The Balaban J connectivity index is 1.36. The molecule has 0 amide bonds. The molecule has 5 nitrogen and oxygen atoms in total. The van der Waals surface area contributed by atoms with Gasteiger partial charge in [-0.1, -0.05) is 6.42 Å². The van der Waals surface area contributed by atoms with Gasteiger partial charge in [-0.3, -0.25) is 0 Å². The van der Waals surface area contributed by atoms with Gasteiger partial charge in [0.05, 0.1) is 18.5 Å². The maximum absolute atomic E-state index is 5.88. The molecular weight excluding hydrogens is 320 g/mol. The zero-order chi connectivity index (χ0) is 16.2. The van der Waals surface area contributed by atoms with E-state index in [4.69, 9.17) is 4.74 Å². The summed E-state index contributed by atoms with van der Waals surface area (Å²) in [7, 11) is 0. The summed E-state index contributed by atoms with van der Waals surface area (Å²) in [5.41, 5.74) is 3.29. The van der Waals surface area contributed by atoms with Gasteiger partial charge in [0.1, 0.15) is 0 Å². The van der Waals surface area contributed by atoms with Crippen LogP contribution in [0, 0.1) is 0 Å². The van der Waals surface area contributed by atoms with E-state index in [0.717, 1.165) is 43.1 Å². The molecule has 2 aliphatic rings. The monoisotopic (exact) mass is 344 g/mol. The topological polar surface area (TPSA) is 42.7 Å². The van der Waals surface area contributed by atoms with Gasteiger partial charge in [-0.05, 0) is 55.8 Å².